The Morgan fingerprint density at radius 3 is 2.11 bits per heavy atom. The second-order valence-electron chi connectivity index (χ2n) is 3.86. The van der Waals surface area contributed by atoms with E-state index < -0.39 is 17.6 Å². The lowest BCUT2D eigenvalue weighted by Gasteiger charge is -2.10. The maximum Gasteiger partial charge on any atom is 0.419 e. The van der Waals surface area contributed by atoms with Crippen LogP contribution in [-0.2, 0) is 6.18 Å². The number of hydrogen-bond acceptors (Lipinski definition) is 1. The second kappa shape index (κ2) is 4.74. The van der Waals surface area contributed by atoms with Gasteiger partial charge in [-0.1, -0.05) is 23.7 Å². The number of rotatable bonds is 1. The molecule has 19 heavy (non-hydrogen) atoms. The van der Waals surface area contributed by atoms with E-state index in [1.165, 1.54) is 24.3 Å². The second-order valence-corrected chi connectivity index (χ2v) is 4.27. The average molecular weight is 291 g/mol. The zero-order valence-corrected chi connectivity index (χ0v) is 10.1. The molecule has 1 nitrogen and oxygen atoms in total. The van der Waals surface area contributed by atoms with Gasteiger partial charge >= 0.3 is 6.18 Å². The van der Waals surface area contributed by atoms with Gasteiger partial charge in [0.05, 0.1) is 10.6 Å². The van der Waals surface area contributed by atoms with Crippen LogP contribution in [0.4, 0.5) is 17.6 Å². The van der Waals surface area contributed by atoms with Crippen molar-refractivity contribution in [1.82, 2.24) is 0 Å². The third kappa shape index (κ3) is 2.81. The van der Waals surface area contributed by atoms with Crippen LogP contribution >= 0.6 is 11.6 Å². The Morgan fingerprint density at radius 2 is 1.53 bits per heavy atom. The summed E-state index contributed by atoms with van der Waals surface area (Å²) >= 11 is 5.61. The first-order chi connectivity index (χ1) is 8.79. The van der Waals surface area contributed by atoms with E-state index in [1.54, 1.807) is 0 Å². The van der Waals surface area contributed by atoms with Crippen LogP contribution in [0.5, 0.6) is 5.75 Å². The number of halogens is 5. The highest BCUT2D eigenvalue weighted by Gasteiger charge is 2.34. The molecule has 0 aliphatic heterocycles. The minimum absolute atomic E-state index is 0.0851. The highest BCUT2D eigenvalue weighted by atomic mass is 35.5. The lowest BCUT2D eigenvalue weighted by molar-refractivity contribution is -0.139. The fourth-order valence-electron chi connectivity index (χ4n) is 1.61. The number of aromatic hydroxyl groups is 1. The predicted octanol–water partition coefficient (Wildman–Crippen LogP) is 4.87. The van der Waals surface area contributed by atoms with Crippen LogP contribution in [0, 0.1) is 5.82 Å². The summed E-state index contributed by atoms with van der Waals surface area (Å²) in [7, 11) is 0. The fraction of sp³-hybridized carbons (Fsp3) is 0.0769. The van der Waals surface area contributed by atoms with Gasteiger partial charge in [0, 0.05) is 0 Å². The van der Waals surface area contributed by atoms with Gasteiger partial charge in [0.2, 0.25) is 0 Å². The first-order valence-corrected chi connectivity index (χ1v) is 5.52. The fourth-order valence-corrected chi connectivity index (χ4v) is 1.73. The third-order valence-corrected chi connectivity index (χ3v) is 2.87. The Morgan fingerprint density at radius 1 is 0.947 bits per heavy atom. The average Bonchev–Trinajstić information content (AvgIpc) is 2.32. The molecule has 0 fully saturated rings. The van der Waals surface area contributed by atoms with E-state index in [1.807, 2.05) is 0 Å². The Labute approximate surface area is 111 Å². The maximum atomic E-state index is 13.1. The van der Waals surface area contributed by atoms with Gasteiger partial charge in [-0.15, -0.1) is 0 Å². The Hall–Kier alpha value is -1.75. The lowest BCUT2D eigenvalue weighted by atomic mass is 10.0. The van der Waals surface area contributed by atoms with E-state index >= 15 is 0 Å². The largest absolute Gasteiger partial charge is 0.506 e. The van der Waals surface area contributed by atoms with Gasteiger partial charge in [0.25, 0.3) is 0 Å². The summed E-state index contributed by atoms with van der Waals surface area (Å²) in [6.07, 6.45) is -4.77. The van der Waals surface area contributed by atoms with Gasteiger partial charge in [-0.25, -0.2) is 4.39 Å². The van der Waals surface area contributed by atoms with Gasteiger partial charge in [-0.05, 0) is 35.4 Å². The Bertz CT molecular complexity index is 623. The molecule has 0 aromatic heterocycles. The topological polar surface area (TPSA) is 20.2 Å². The van der Waals surface area contributed by atoms with Crippen molar-refractivity contribution in [1.29, 1.82) is 0 Å². The smallest absolute Gasteiger partial charge is 0.419 e. The molecule has 0 spiro atoms. The molecule has 0 saturated carbocycles. The molecule has 2 rings (SSSR count). The van der Waals surface area contributed by atoms with Crippen molar-refractivity contribution in [3.05, 3.63) is 52.8 Å². The van der Waals surface area contributed by atoms with Gasteiger partial charge in [0.1, 0.15) is 11.6 Å². The first-order valence-electron chi connectivity index (χ1n) is 5.14. The molecule has 0 aliphatic carbocycles. The van der Waals surface area contributed by atoms with Gasteiger partial charge in [-0.3, -0.25) is 0 Å². The van der Waals surface area contributed by atoms with E-state index in [-0.39, 0.29) is 16.3 Å². The predicted molar refractivity (Wildman–Crippen MR) is 63.5 cm³/mol. The van der Waals surface area contributed by atoms with E-state index in [0.717, 1.165) is 6.07 Å². The highest BCUT2D eigenvalue weighted by molar-refractivity contribution is 6.32. The third-order valence-electron chi connectivity index (χ3n) is 2.55. The standard InChI is InChI=1S/C13H7ClF4O/c14-10-3-1-8(6-12(10)19)7-2-4-11(15)9(5-7)13(16,17)18/h1-6,19H. The molecule has 0 bridgehead atoms. The summed E-state index contributed by atoms with van der Waals surface area (Å²) in [6.45, 7) is 0. The van der Waals surface area contributed by atoms with Gasteiger partial charge in [-0.2, -0.15) is 13.2 Å². The summed E-state index contributed by atoms with van der Waals surface area (Å²) < 4.78 is 50.9. The molecule has 0 unspecified atom stereocenters. The van der Waals surface area contributed by atoms with Crippen LogP contribution in [0.15, 0.2) is 36.4 Å². The number of phenols is 1. The molecule has 0 heterocycles. The molecular weight excluding hydrogens is 284 g/mol. The molecule has 0 atom stereocenters. The van der Waals surface area contributed by atoms with Crippen molar-refractivity contribution >= 4 is 11.6 Å². The SMILES string of the molecule is Oc1cc(-c2ccc(F)c(C(F)(F)F)c2)ccc1Cl. The van der Waals surface area contributed by atoms with Crippen molar-refractivity contribution in [3.63, 3.8) is 0 Å². The molecule has 0 aliphatic rings. The molecule has 2 aromatic carbocycles. The minimum Gasteiger partial charge on any atom is -0.506 e. The molecule has 0 amide bonds. The monoisotopic (exact) mass is 290 g/mol. The number of phenolic OH excluding ortho intramolecular Hbond substituents is 1. The van der Waals surface area contributed by atoms with Crippen LogP contribution in [0.1, 0.15) is 5.56 Å². The van der Waals surface area contributed by atoms with Crippen LogP contribution in [0.3, 0.4) is 0 Å². The summed E-state index contributed by atoms with van der Waals surface area (Å²) in [5.41, 5.74) is -0.896. The number of hydrogen-bond donors (Lipinski definition) is 1. The summed E-state index contributed by atoms with van der Waals surface area (Å²) in [5.74, 6) is -1.59. The number of benzene rings is 2. The van der Waals surface area contributed by atoms with Crippen molar-refractivity contribution < 1.29 is 22.7 Å². The van der Waals surface area contributed by atoms with Crippen LogP contribution in [0.2, 0.25) is 5.02 Å². The van der Waals surface area contributed by atoms with Crippen molar-refractivity contribution in [2.45, 2.75) is 6.18 Å². The summed E-state index contributed by atoms with van der Waals surface area (Å²) in [5, 5.41) is 9.50. The van der Waals surface area contributed by atoms with Gasteiger partial charge < -0.3 is 5.11 Å². The van der Waals surface area contributed by atoms with Crippen molar-refractivity contribution in [3.8, 4) is 16.9 Å². The van der Waals surface area contributed by atoms with Crippen LogP contribution in [-0.4, -0.2) is 5.11 Å². The van der Waals surface area contributed by atoms with E-state index in [2.05, 4.69) is 0 Å². The molecule has 6 heteroatoms. The van der Waals surface area contributed by atoms with Crippen LogP contribution < -0.4 is 0 Å². The van der Waals surface area contributed by atoms with E-state index in [4.69, 9.17) is 11.6 Å². The van der Waals surface area contributed by atoms with Crippen LogP contribution in [0.25, 0.3) is 11.1 Å². The van der Waals surface area contributed by atoms with Crippen molar-refractivity contribution in [2.24, 2.45) is 0 Å². The molecule has 0 radical (unpaired) electrons. The molecule has 0 saturated heterocycles. The molecule has 2 aromatic rings. The Kier molecular flexibility index (Phi) is 3.41. The van der Waals surface area contributed by atoms with E-state index in [9.17, 15) is 22.7 Å². The zero-order chi connectivity index (χ0) is 14.2. The molecular formula is C13H7ClF4O. The van der Waals surface area contributed by atoms with Crippen molar-refractivity contribution in [2.75, 3.05) is 0 Å². The molecule has 1 N–H and O–H groups in total. The molecule has 100 valence electrons. The Balaban J connectivity index is 2.54. The summed E-state index contributed by atoms with van der Waals surface area (Å²) in [4.78, 5) is 0. The van der Waals surface area contributed by atoms with Gasteiger partial charge in [0.15, 0.2) is 0 Å². The number of alkyl halides is 3. The van der Waals surface area contributed by atoms with E-state index in [0.29, 0.717) is 11.6 Å². The summed E-state index contributed by atoms with van der Waals surface area (Å²) in [6, 6.07) is 6.64. The quantitative estimate of drug-likeness (QED) is 0.743. The zero-order valence-electron chi connectivity index (χ0n) is 9.30. The highest BCUT2D eigenvalue weighted by Crippen LogP contribution is 2.35. The minimum atomic E-state index is -4.77. The normalized spacial score (nSPS) is 11.6. The lowest BCUT2D eigenvalue weighted by Crippen LogP contribution is -2.08. The first kappa shape index (κ1) is 13.7. The maximum absolute atomic E-state index is 13.1.